The van der Waals surface area contributed by atoms with Crippen molar-refractivity contribution in [3.8, 4) is 0 Å². The highest BCUT2D eigenvalue weighted by Crippen LogP contribution is 2.06. The van der Waals surface area contributed by atoms with Crippen LogP contribution in [-0.4, -0.2) is 0 Å². The largest absolute Gasteiger partial charge is 0.207 e. The van der Waals surface area contributed by atoms with Crippen LogP contribution in [0.4, 0.5) is 4.39 Å². The molecule has 0 N–H and O–H groups in total. The van der Waals surface area contributed by atoms with E-state index in [4.69, 9.17) is 0 Å². The van der Waals surface area contributed by atoms with Gasteiger partial charge in [-0.05, 0) is 25.0 Å². The summed E-state index contributed by atoms with van der Waals surface area (Å²) in [6, 6.07) is 6.84. The van der Waals surface area contributed by atoms with Crippen LogP contribution in [0.15, 0.2) is 36.4 Å². The van der Waals surface area contributed by atoms with Gasteiger partial charge in [0.25, 0.3) is 0 Å². The van der Waals surface area contributed by atoms with Gasteiger partial charge >= 0.3 is 0 Å². The lowest BCUT2D eigenvalue weighted by Crippen LogP contribution is -1.85. The van der Waals surface area contributed by atoms with Crippen LogP contribution < -0.4 is 0 Å². The van der Waals surface area contributed by atoms with E-state index in [1.165, 1.54) is 6.07 Å². The molecule has 0 aromatic heterocycles. The molecule has 0 heterocycles. The fourth-order valence-electron chi connectivity index (χ4n) is 0.909. The zero-order valence-electron chi connectivity index (χ0n) is 6.55. The third-order valence-corrected chi connectivity index (χ3v) is 1.53. The van der Waals surface area contributed by atoms with E-state index in [9.17, 15) is 4.39 Å². The van der Waals surface area contributed by atoms with Crippen molar-refractivity contribution >= 4 is 0 Å². The summed E-state index contributed by atoms with van der Waals surface area (Å²) < 4.78 is 12.9. The van der Waals surface area contributed by atoms with Crippen molar-refractivity contribution in [2.75, 3.05) is 0 Å². The molecule has 0 bridgehead atoms. The Morgan fingerprint density at radius 3 is 2.73 bits per heavy atom. The van der Waals surface area contributed by atoms with E-state index < -0.39 is 0 Å². The number of hydrogen-bond donors (Lipinski definition) is 0. The predicted molar refractivity (Wildman–Crippen MR) is 44.9 cm³/mol. The molecule has 1 aromatic carbocycles. The number of hydrogen-bond acceptors (Lipinski definition) is 0. The van der Waals surface area contributed by atoms with Gasteiger partial charge in [0.2, 0.25) is 0 Å². The number of benzene rings is 1. The second kappa shape index (κ2) is 3.91. The van der Waals surface area contributed by atoms with Crippen LogP contribution in [-0.2, 0) is 6.42 Å². The Morgan fingerprint density at radius 2 is 2.09 bits per heavy atom. The molecular weight excluding hydrogens is 139 g/mol. The second-order valence-electron chi connectivity index (χ2n) is 2.36. The summed E-state index contributed by atoms with van der Waals surface area (Å²) in [7, 11) is 0. The lowest BCUT2D eigenvalue weighted by atomic mass is 10.1. The minimum absolute atomic E-state index is 0.120. The number of allylic oxidation sites excluding steroid dienone is 2. The van der Waals surface area contributed by atoms with Crippen LogP contribution in [0.2, 0.25) is 0 Å². The van der Waals surface area contributed by atoms with E-state index in [0.717, 1.165) is 5.56 Å². The zero-order valence-corrected chi connectivity index (χ0v) is 6.55. The van der Waals surface area contributed by atoms with Crippen LogP contribution in [0.25, 0.3) is 0 Å². The van der Waals surface area contributed by atoms with Gasteiger partial charge in [0, 0.05) is 0 Å². The van der Waals surface area contributed by atoms with E-state index in [1.54, 1.807) is 12.1 Å². The molecule has 1 aromatic rings. The highest BCUT2D eigenvalue weighted by molar-refractivity contribution is 5.19. The maximum Gasteiger partial charge on any atom is 0.126 e. The van der Waals surface area contributed by atoms with Crippen molar-refractivity contribution in [3.05, 3.63) is 47.8 Å². The lowest BCUT2D eigenvalue weighted by molar-refractivity contribution is 0.615. The number of rotatable bonds is 2. The Bertz CT molecular complexity index is 251. The Kier molecular flexibility index (Phi) is 2.84. The first-order valence-electron chi connectivity index (χ1n) is 3.69. The molecule has 58 valence electrons. The molecule has 0 aliphatic heterocycles. The molecule has 1 rings (SSSR count). The van der Waals surface area contributed by atoms with Gasteiger partial charge in [-0.3, -0.25) is 0 Å². The Balaban J connectivity index is 2.77. The summed E-state index contributed by atoms with van der Waals surface area (Å²) in [5, 5.41) is 0. The minimum Gasteiger partial charge on any atom is -0.207 e. The maximum absolute atomic E-state index is 12.9. The molecule has 0 aliphatic carbocycles. The molecule has 1 heteroatoms. The quantitative estimate of drug-likeness (QED) is 0.568. The molecule has 0 spiro atoms. The van der Waals surface area contributed by atoms with Gasteiger partial charge in [-0.25, -0.2) is 4.39 Å². The summed E-state index contributed by atoms with van der Waals surface area (Å²) in [5.41, 5.74) is 0.755. The summed E-state index contributed by atoms with van der Waals surface area (Å²) in [4.78, 5) is 0. The average molecular weight is 150 g/mol. The van der Waals surface area contributed by atoms with Gasteiger partial charge in [-0.2, -0.15) is 0 Å². The highest BCUT2D eigenvalue weighted by Gasteiger charge is 1.95. The molecule has 0 atom stereocenters. The first-order chi connectivity index (χ1) is 5.34. The maximum atomic E-state index is 12.9. The second-order valence-corrected chi connectivity index (χ2v) is 2.36. The smallest absolute Gasteiger partial charge is 0.126 e. The van der Waals surface area contributed by atoms with Gasteiger partial charge in [0.15, 0.2) is 0 Å². The summed E-state index contributed by atoms with van der Waals surface area (Å²) in [5.74, 6) is -0.120. The van der Waals surface area contributed by atoms with E-state index in [0.29, 0.717) is 6.42 Å². The third kappa shape index (κ3) is 2.19. The molecule has 0 aliphatic rings. The topological polar surface area (TPSA) is 0 Å². The van der Waals surface area contributed by atoms with Gasteiger partial charge in [0.1, 0.15) is 5.82 Å². The Morgan fingerprint density at radius 1 is 1.36 bits per heavy atom. The first-order valence-corrected chi connectivity index (χ1v) is 3.69. The molecule has 0 unspecified atom stereocenters. The molecule has 0 radical (unpaired) electrons. The fraction of sp³-hybridized carbons (Fsp3) is 0.200. The van der Waals surface area contributed by atoms with Crippen LogP contribution in [0.1, 0.15) is 12.5 Å². The first kappa shape index (κ1) is 7.99. The fourth-order valence-corrected chi connectivity index (χ4v) is 0.909. The highest BCUT2D eigenvalue weighted by atomic mass is 19.1. The van der Waals surface area contributed by atoms with Crippen LogP contribution in [0.3, 0.4) is 0 Å². The van der Waals surface area contributed by atoms with Crippen LogP contribution >= 0.6 is 0 Å². The molecular formula is C10H11F. The normalized spacial score (nSPS) is 10.7. The Labute approximate surface area is 66.4 Å². The third-order valence-electron chi connectivity index (χ3n) is 1.53. The lowest BCUT2D eigenvalue weighted by Gasteiger charge is -1.96. The molecule has 0 nitrogen and oxygen atoms in total. The van der Waals surface area contributed by atoms with Crippen molar-refractivity contribution in [2.45, 2.75) is 13.3 Å². The van der Waals surface area contributed by atoms with Gasteiger partial charge in [0.05, 0.1) is 0 Å². The summed E-state index contributed by atoms with van der Waals surface area (Å²) in [6.07, 6.45) is 4.55. The van der Waals surface area contributed by atoms with E-state index >= 15 is 0 Å². The molecule has 0 amide bonds. The van der Waals surface area contributed by atoms with Gasteiger partial charge in [-0.15, -0.1) is 0 Å². The van der Waals surface area contributed by atoms with Crippen molar-refractivity contribution < 1.29 is 4.39 Å². The van der Waals surface area contributed by atoms with Crippen molar-refractivity contribution in [2.24, 2.45) is 0 Å². The van der Waals surface area contributed by atoms with Gasteiger partial charge < -0.3 is 0 Å². The van der Waals surface area contributed by atoms with Gasteiger partial charge in [-0.1, -0.05) is 30.4 Å². The molecule has 0 saturated heterocycles. The van der Waals surface area contributed by atoms with E-state index in [2.05, 4.69) is 0 Å². The molecule has 11 heavy (non-hydrogen) atoms. The molecule has 0 saturated carbocycles. The van der Waals surface area contributed by atoms with Crippen LogP contribution in [0, 0.1) is 5.82 Å². The van der Waals surface area contributed by atoms with Crippen molar-refractivity contribution in [1.82, 2.24) is 0 Å². The van der Waals surface area contributed by atoms with E-state index in [-0.39, 0.29) is 5.82 Å². The average Bonchev–Trinajstić information content (AvgIpc) is 2.03. The predicted octanol–water partition coefficient (Wildman–Crippen LogP) is 2.94. The summed E-state index contributed by atoms with van der Waals surface area (Å²) >= 11 is 0. The van der Waals surface area contributed by atoms with Crippen molar-refractivity contribution in [3.63, 3.8) is 0 Å². The minimum atomic E-state index is -0.120. The van der Waals surface area contributed by atoms with Crippen molar-refractivity contribution in [1.29, 1.82) is 0 Å². The zero-order chi connectivity index (χ0) is 8.10. The van der Waals surface area contributed by atoms with E-state index in [1.807, 2.05) is 25.1 Å². The standard InChI is InChI=1S/C10H11F/c1-2-3-6-9-7-4-5-8-10(9)11/h2-5,7-8H,6H2,1H3/b3-2+. The Hall–Kier alpha value is -1.11. The summed E-state index contributed by atoms with van der Waals surface area (Å²) in [6.45, 7) is 1.93. The monoisotopic (exact) mass is 150 g/mol. The SMILES string of the molecule is C/C=C/Cc1ccccc1F. The molecule has 0 fully saturated rings. The van der Waals surface area contributed by atoms with Crippen LogP contribution in [0.5, 0.6) is 0 Å². The number of halogens is 1.